The van der Waals surface area contributed by atoms with Crippen LogP contribution in [-0.2, 0) is 25.7 Å². The van der Waals surface area contributed by atoms with Gasteiger partial charge in [0.2, 0.25) is 17.7 Å². The second-order valence-electron chi connectivity index (χ2n) is 9.92. The zero-order valence-electron chi connectivity index (χ0n) is 22.8. The van der Waals surface area contributed by atoms with Crippen LogP contribution in [0.1, 0.15) is 33.6 Å². The number of aromatic hydroxyl groups is 1. The largest absolute Gasteiger partial charge is 0.508 e. The molecular formula is C31H25N3O7S2. The summed E-state index contributed by atoms with van der Waals surface area (Å²) >= 11 is 1.98. The van der Waals surface area contributed by atoms with E-state index < -0.39 is 45.6 Å². The molecule has 3 aromatic carbocycles. The number of carbonyl (C=O) groups is 4. The lowest BCUT2D eigenvalue weighted by atomic mass is 9.82. The fourth-order valence-corrected chi connectivity index (χ4v) is 8.19. The highest BCUT2D eigenvalue weighted by Gasteiger charge is 2.57. The molecule has 0 spiro atoms. The van der Waals surface area contributed by atoms with Crippen molar-refractivity contribution in [2.45, 2.75) is 29.7 Å². The van der Waals surface area contributed by atoms with E-state index in [4.69, 9.17) is 4.74 Å². The summed E-state index contributed by atoms with van der Waals surface area (Å²) in [6.45, 7) is 1.61. The molecule has 12 heteroatoms. The number of amides is 3. The highest BCUT2D eigenvalue weighted by atomic mass is 32.2. The number of carbonyl (C=O) groups excluding carboxylic acids is 4. The van der Waals surface area contributed by atoms with Crippen molar-refractivity contribution in [2.75, 3.05) is 16.8 Å². The summed E-state index contributed by atoms with van der Waals surface area (Å²) in [5, 5.41) is 13.1. The van der Waals surface area contributed by atoms with Gasteiger partial charge in [0.05, 0.1) is 28.8 Å². The van der Waals surface area contributed by atoms with Gasteiger partial charge < -0.3 is 15.2 Å². The summed E-state index contributed by atoms with van der Waals surface area (Å²) in [5.41, 5.74) is 1.55. The third kappa shape index (κ3) is 5.12. The number of fused-ring (bicyclic) bond motifs is 2. The molecular weight excluding hydrogens is 590 g/mol. The molecule has 2 aliphatic heterocycles. The first-order valence-corrected chi connectivity index (χ1v) is 15.2. The topological polar surface area (TPSA) is 135 Å². The first kappa shape index (κ1) is 28.4. The molecule has 218 valence electrons. The average molecular weight is 616 g/mol. The van der Waals surface area contributed by atoms with E-state index in [9.17, 15) is 29.1 Å². The van der Waals surface area contributed by atoms with Gasteiger partial charge in [-0.1, -0.05) is 59.5 Å². The highest BCUT2D eigenvalue weighted by Crippen LogP contribution is 2.55. The Labute approximate surface area is 253 Å². The van der Waals surface area contributed by atoms with Crippen molar-refractivity contribution >= 4 is 58.2 Å². The minimum Gasteiger partial charge on any atom is -0.508 e. The van der Waals surface area contributed by atoms with Crippen LogP contribution < -0.4 is 15.1 Å². The fraction of sp³-hybridized carbons (Fsp3) is 0.194. The molecule has 10 nitrogen and oxygen atoms in total. The van der Waals surface area contributed by atoms with Crippen LogP contribution in [0, 0.1) is 5.92 Å². The van der Waals surface area contributed by atoms with Gasteiger partial charge in [0.25, 0.3) is 0 Å². The molecule has 3 heterocycles. The molecule has 2 N–H and O–H groups in total. The van der Waals surface area contributed by atoms with Crippen molar-refractivity contribution in [2.24, 2.45) is 5.92 Å². The van der Waals surface area contributed by atoms with Crippen LogP contribution in [0.4, 0.5) is 11.4 Å². The highest BCUT2D eigenvalue weighted by molar-refractivity contribution is 8.00. The molecule has 2 unspecified atom stereocenters. The first-order valence-electron chi connectivity index (χ1n) is 13.5. The van der Waals surface area contributed by atoms with E-state index in [1.165, 1.54) is 34.9 Å². The number of thiazole rings is 1. The van der Waals surface area contributed by atoms with Crippen LogP contribution in [-0.4, -0.2) is 45.2 Å². The van der Waals surface area contributed by atoms with E-state index >= 15 is 0 Å². The van der Waals surface area contributed by atoms with Crippen molar-refractivity contribution < 1.29 is 29.0 Å². The molecule has 0 aliphatic carbocycles. The van der Waals surface area contributed by atoms with Gasteiger partial charge in [0.15, 0.2) is 0 Å². The lowest BCUT2D eigenvalue weighted by Crippen LogP contribution is -2.33. The Hall–Kier alpha value is -4.68. The molecule has 1 saturated heterocycles. The number of hydrogen-bond acceptors (Lipinski definition) is 9. The number of phenolic OH excluding ortho intramolecular Hbond substituents is 1. The van der Waals surface area contributed by atoms with Crippen LogP contribution in [0.5, 0.6) is 5.75 Å². The van der Waals surface area contributed by atoms with Crippen LogP contribution in [0.3, 0.4) is 0 Å². The first-order chi connectivity index (χ1) is 20.8. The van der Waals surface area contributed by atoms with E-state index in [-0.39, 0.29) is 30.2 Å². The minimum atomic E-state index is -0.924. The normalized spacial score (nSPS) is 19.1. The monoisotopic (exact) mass is 615 g/mol. The van der Waals surface area contributed by atoms with Crippen molar-refractivity contribution in [1.82, 2.24) is 4.57 Å². The number of esters is 1. The Balaban J connectivity index is 1.39. The Morgan fingerprint density at radius 1 is 0.930 bits per heavy atom. The predicted octanol–water partition coefficient (Wildman–Crippen LogP) is 4.23. The number of aromatic nitrogens is 1. The molecule has 0 radical (unpaired) electrons. The SMILES string of the molecule is CCOC(=O)c1ccc(N2C(=O)C3Sc4c(sc(=O)n4CC(=O)Nc4ccccc4)[C@@H](c4ccccc4O)C3C2=O)cc1. The molecule has 1 aromatic heterocycles. The predicted molar refractivity (Wildman–Crippen MR) is 162 cm³/mol. The van der Waals surface area contributed by atoms with E-state index in [1.54, 1.807) is 49.4 Å². The van der Waals surface area contributed by atoms with E-state index in [0.717, 1.165) is 28.0 Å². The second-order valence-corrected chi connectivity index (χ2v) is 12.0. The maximum Gasteiger partial charge on any atom is 0.338 e. The summed E-state index contributed by atoms with van der Waals surface area (Å²) in [4.78, 5) is 67.4. The van der Waals surface area contributed by atoms with Gasteiger partial charge in [0.1, 0.15) is 17.5 Å². The molecule has 3 atom stereocenters. The number of imide groups is 1. The zero-order chi connectivity index (χ0) is 30.2. The Bertz CT molecular complexity index is 1800. The van der Waals surface area contributed by atoms with Gasteiger partial charge >= 0.3 is 10.8 Å². The number of rotatable bonds is 7. The summed E-state index contributed by atoms with van der Waals surface area (Å²) in [7, 11) is 0. The number of nitrogens with zero attached hydrogens (tertiary/aromatic N) is 2. The molecule has 3 amide bonds. The van der Waals surface area contributed by atoms with Gasteiger partial charge in [-0.15, -0.1) is 0 Å². The summed E-state index contributed by atoms with van der Waals surface area (Å²) < 4.78 is 6.35. The summed E-state index contributed by atoms with van der Waals surface area (Å²) in [6, 6.07) is 21.4. The van der Waals surface area contributed by atoms with Gasteiger partial charge in [-0.3, -0.25) is 23.7 Å². The number of anilines is 2. The molecule has 1 fully saturated rings. The minimum absolute atomic E-state index is 0.0733. The number of nitrogens with one attached hydrogen (secondary N) is 1. The smallest absolute Gasteiger partial charge is 0.338 e. The maximum atomic E-state index is 14.0. The summed E-state index contributed by atoms with van der Waals surface area (Å²) in [6.07, 6.45) is 0. The second kappa shape index (κ2) is 11.5. The zero-order valence-corrected chi connectivity index (χ0v) is 24.4. The lowest BCUT2D eigenvalue weighted by Gasteiger charge is -2.31. The van der Waals surface area contributed by atoms with E-state index in [0.29, 0.717) is 21.2 Å². The van der Waals surface area contributed by atoms with E-state index in [2.05, 4.69) is 5.32 Å². The standard InChI is InChI=1S/C31H25N3O7S2/c1-2-41-30(39)17-12-14-19(15-13-17)34-27(37)24-23(20-10-6-7-11-21(20)35)26-29(42-25(24)28(34)38)33(31(40)43-26)16-22(36)32-18-8-4-3-5-9-18/h3-15,23-25,35H,2,16H2,1H3,(H,32,36)/t23-,24?,25?/m0/s1. The quantitative estimate of drug-likeness (QED) is 0.233. The number of phenols is 1. The third-order valence-corrected chi connectivity index (χ3v) is 9.92. The van der Waals surface area contributed by atoms with Crippen molar-refractivity contribution in [3.63, 3.8) is 0 Å². The average Bonchev–Trinajstić information content (AvgIpc) is 3.44. The van der Waals surface area contributed by atoms with Gasteiger partial charge in [-0.05, 0) is 49.4 Å². The van der Waals surface area contributed by atoms with Crippen molar-refractivity contribution in [1.29, 1.82) is 0 Å². The van der Waals surface area contributed by atoms with Crippen molar-refractivity contribution in [3.05, 3.63) is 105 Å². The van der Waals surface area contributed by atoms with Gasteiger partial charge in [-0.25, -0.2) is 9.69 Å². The third-order valence-electron chi connectivity index (χ3n) is 7.32. The molecule has 0 bridgehead atoms. The Morgan fingerprint density at radius 2 is 1.63 bits per heavy atom. The van der Waals surface area contributed by atoms with Gasteiger partial charge in [0, 0.05) is 22.0 Å². The maximum absolute atomic E-state index is 14.0. The van der Waals surface area contributed by atoms with Crippen molar-refractivity contribution in [3.8, 4) is 5.75 Å². The molecule has 0 saturated carbocycles. The number of ether oxygens (including phenoxy) is 1. The number of thioether (sulfide) groups is 1. The summed E-state index contributed by atoms with van der Waals surface area (Å²) in [5.74, 6) is -3.72. The Morgan fingerprint density at radius 3 is 2.33 bits per heavy atom. The van der Waals surface area contributed by atoms with Crippen LogP contribution >= 0.6 is 23.1 Å². The molecule has 6 rings (SSSR count). The van der Waals surface area contributed by atoms with Crippen LogP contribution in [0.15, 0.2) is 88.7 Å². The molecule has 2 aliphatic rings. The van der Waals surface area contributed by atoms with E-state index in [1.807, 2.05) is 6.07 Å². The lowest BCUT2D eigenvalue weighted by molar-refractivity contribution is -0.122. The molecule has 4 aromatic rings. The molecule has 43 heavy (non-hydrogen) atoms. The number of hydrogen-bond donors (Lipinski definition) is 2. The van der Waals surface area contributed by atoms with Gasteiger partial charge in [-0.2, -0.15) is 0 Å². The number of benzene rings is 3. The fourth-order valence-electron chi connectivity index (χ4n) is 5.42. The van der Waals surface area contributed by atoms with Crippen LogP contribution in [0.25, 0.3) is 0 Å². The Kier molecular flexibility index (Phi) is 7.63. The van der Waals surface area contributed by atoms with Crippen LogP contribution in [0.2, 0.25) is 0 Å². The number of para-hydroxylation sites is 2.